The van der Waals surface area contributed by atoms with E-state index < -0.39 is 17.6 Å². The zero-order valence-electron chi connectivity index (χ0n) is 13.1. The number of nitrogens with zero attached hydrogens (tertiary/aromatic N) is 2. The lowest BCUT2D eigenvalue weighted by Crippen LogP contribution is -2.32. The molecule has 0 unspecified atom stereocenters. The van der Waals surface area contributed by atoms with Crippen LogP contribution in [0.25, 0.3) is 0 Å². The number of ether oxygens (including phenoxy) is 1. The van der Waals surface area contributed by atoms with E-state index in [1.54, 1.807) is 0 Å². The zero-order valence-corrected chi connectivity index (χ0v) is 13.1. The van der Waals surface area contributed by atoms with E-state index in [2.05, 4.69) is 20.6 Å². The van der Waals surface area contributed by atoms with Gasteiger partial charge in [0.2, 0.25) is 5.95 Å². The summed E-state index contributed by atoms with van der Waals surface area (Å²) in [5, 5.41) is 6.30. The molecule has 3 rings (SSSR count). The van der Waals surface area contributed by atoms with Gasteiger partial charge in [0, 0.05) is 25.0 Å². The smallest absolute Gasteiger partial charge is 0.416 e. The second-order valence-electron chi connectivity index (χ2n) is 5.73. The van der Waals surface area contributed by atoms with E-state index in [4.69, 9.17) is 4.74 Å². The van der Waals surface area contributed by atoms with Crippen molar-refractivity contribution in [3.63, 3.8) is 0 Å². The molecule has 0 aliphatic carbocycles. The summed E-state index contributed by atoms with van der Waals surface area (Å²) in [7, 11) is 0. The Hall–Kier alpha value is -2.42. The summed E-state index contributed by atoms with van der Waals surface area (Å²) >= 11 is 0. The Balaban J connectivity index is 1.55. The Labute approximate surface area is 141 Å². The van der Waals surface area contributed by atoms with Crippen LogP contribution in [0, 0.1) is 11.7 Å². The van der Waals surface area contributed by atoms with Gasteiger partial charge >= 0.3 is 6.18 Å². The number of aromatic nitrogens is 2. The Morgan fingerprint density at radius 1 is 1.12 bits per heavy atom. The van der Waals surface area contributed by atoms with Crippen LogP contribution in [-0.4, -0.2) is 35.7 Å². The highest BCUT2D eigenvalue weighted by Gasteiger charge is 2.30. The van der Waals surface area contributed by atoms with Crippen molar-refractivity contribution in [1.82, 2.24) is 15.3 Å². The van der Waals surface area contributed by atoms with Crippen molar-refractivity contribution in [3.8, 4) is 5.75 Å². The van der Waals surface area contributed by atoms with Crippen molar-refractivity contribution in [3.05, 3.63) is 48.0 Å². The molecule has 1 aliphatic heterocycles. The van der Waals surface area contributed by atoms with Crippen molar-refractivity contribution in [1.29, 1.82) is 0 Å². The SMILES string of the molecule is Fc1cnc(N[C@@H]2CNC[C@H]2COc2ccc(C(F)(F)F)cc2)nc1. The van der Waals surface area contributed by atoms with Crippen molar-refractivity contribution in [2.75, 3.05) is 25.0 Å². The van der Waals surface area contributed by atoms with Gasteiger partial charge in [-0.2, -0.15) is 13.2 Å². The lowest BCUT2D eigenvalue weighted by molar-refractivity contribution is -0.137. The van der Waals surface area contributed by atoms with Crippen LogP contribution in [0.15, 0.2) is 36.7 Å². The second-order valence-corrected chi connectivity index (χ2v) is 5.73. The van der Waals surface area contributed by atoms with Gasteiger partial charge in [0.15, 0.2) is 5.82 Å². The molecule has 9 heteroatoms. The molecular formula is C16H16F4N4O. The fourth-order valence-electron chi connectivity index (χ4n) is 2.57. The maximum absolute atomic E-state index is 12.8. The van der Waals surface area contributed by atoms with E-state index in [1.807, 2.05) is 0 Å². The van der Waals surface area contributed by atoms with Crippen LogP contribution in [0.1, 0.15) is 5.56 Å². The van der Waals surface area contributed by atoms with Gasteiger partial charge in [0.1, 0.15) is 5.75 Å². The molecule has 5 nitrogen and oxygen atoms in total. The molecule has 1 fully saturated rings. The lowest BCUT2D eigenvalue weighted by atomic mass is 10.1. The Morgan fingerprint density at radius 2 is 1.80 bits per heavy atom. The van der Waals surface area contributed by atoms with E-state index in [-0.39, 0.29) is 12.0 Å². The first-order chi connectivity index (χ1) is 11.9. The summed E-state index contributed by atoms with van der Waals surface area (Å²) in [5.74, 6) is 0.236. The fraction of sp³-hybridized carbons (Fsp3) is 0.375. The van der Waals surface area contributed by atoms with Crippen molar-refractivity contribution in [2.45, 2.75) is 12.2 Å². The first-order valence-electron chi connectivity index (χ1n) is 7.66. The summed E-state index contributed by atoms with van der Waals surface area (Å²) in [5.41, 5.74) is -0.713. The largest absolute Gasteiger partial charge is 0.493 e. The molecule has 1 aliphatic rings. The minimum atomic E-state index is -4.36. The van der Waals surface area contributed by atoms with Gasteiger partial charge in [0.25, 0.3) is 0 Å². The molecule has 1 aromatic carbocycles. The van der Waals surface area contributed by atoms with Crippen LogP contribution < -0.4 is 15.4 Å². The average molecular weight is 356 g/mol. The highest BCUT2D eigenvalue weighted by atomic mass is 19.4. The number of benzene rings is 1. The maximum atomic E-state index is 12.8. The number of rotatable bonds is 5. The van der Waals surface area contributed by atoms with E-state index in [0.717, 1.165) is 24.5 Å². The van der Waals surface area contributed by atoms with E-state index in [9.17, 15) is 17.6 Å². The van der Waals surface area contributed by atoms with Crippen molar-refractivity contribution in [2.24, 2.45) is 5.92 Å². The molecule has 0 spiro atoms. The molecule has 0 bridgehead atoms. The van der Waals surface area contributed by atoms with E-state index in [1.165, 1.54) is 12.1 Å². The molecule has 134 valence electrons. The number of alkyl halides is 3. The van der Waals surface area contributed by atoms with Gasteiger partial charge in [-0.1, -0.05) is 0 Å². The first kappa shape index (κ1) is 17.4. The average Bonchev–Trinajstić information content (AvgIpc) is 3.02. The summed E-state index contributed by atoms with van der Waals surface area (Å²) in [6, 6.07) is 4.56. The summed E-state index contributed by atoms with van der Waals surface area (Å²) in [6.07, 6.45) is -2.21. The third-order valence-corrected chi connectivity index (χ3v) is 3.92. The monoisotopic (exact) mass is 356 g/mol. The molecule has 2 aromatic rings. The Morgan fingerprint density at radius 3 is 2.44 bits per heavy atom. The summed E-state index contributed by atoms with van der Waals surface area (Å²) < 4.78 is 56.1. The number of halogens is 4. The molecule has 0 amide bonds. The first-order valence-corrected chi connectivity index (χ1v) is 7.66. The van der Waals surface area contributed by atoms with E-state index in [0.29, 0.717) is 31.4 Å². The fourth-order valence-corrected chi connectivity index (χ4v) is 2.57. The van der Waals surface area contributed by atoms with Gasteiger partial charge in [-0.25, -0.2) is 14.4 Å². The Kier molecular flexibility index (Phi) is 5.03. The van der Waals surface area contributed by atoms with Gasteiger partial charge in [-0.3, -0.25) is 0 Å². The molecule has 0 saturated carbocycles. The number of nitrogens with one attached hydrogen (secondary N) is 2. The highest BCUT2D eigenvalue weighted by Crippen LogP contribution is 2.30. The molecule has 1 saturated heterocycles. The van der Waals surface area contributed by atoms with Crippen LogP contribution in [0.2, 0.25) is 0 Å². The second kappa shape index (κ2) is 7.22. The normalized spacial score (nSPS) is 20.5. The highest BCUT2D eigenvalue weighted by molar-refractivity contribution is 5.29. The summed E-state index contributed by atoms with van der Waals surface area (Å²) in [6.45, 7) is 1.65. The third kappa shape index (κ3) is 4.56. The summed E-state index contributed by atoms with van der Waals surface area (Å²) in [4.78, 5) is 7.71. The van der Waals surface area contributed by atoms with Crippen LogP contribution in [0.4, 0.5) is 23.5 Å². The van der Waals surface area contributed by atoms with Crippen LogP contribution in [-0.2, 0) is 6.18 Å². The number of anilines is 1. The van der Waals surface area contributed by atoms with Crippen LogP contribution in [0.3, 0.4) is 0 Å². The van der Waals surface area contributed by atoms with Gasteiger partial charge in [-0.15, -0.1) is 0 Å². The topological polar surface area (TPSA) is 59.1 Å². The number of hydrogen-bond acceptors (Lipinski definition) is 5. The molecule has 2 atom stereocenters. The molecule has 1 aromatic heterocycles. The molecule has 0 radical (unpaired) electrons. The van der Waals surface area contributed by atoms with Gasteiger partial charge < -0.3 is 15.4 Å². The van der Waals surface area contributed by atoms with E-state index >= 15 is 0 Å². The minimum Gasteiger partial charge on any atom is -0.493 e. The van der Waals surface area contributed by atoms with Crippen molar-refractivity contribution >= 4 is 5.95 Å². The quantitative estimate of drug-likeness (QED) is 0.807. The van der Waals surface area contributed by atoms with Crippen LogP contribution in [0.5, 0.6) is 5.75 Å². The third-order valence-electron chi connectivity index (χ3n) is 3.92. The predicted molar refractivity (Wildman–Crippen MR) is 82.7 cm³/mol. The molecule has 2 N–H and O–H groups in total. The molecule has 25 heavy (non-hydrogen) atoms. The predicted octanol–water partition coefficient (Wildman–Crippen LogP) is 2.71. The van der Waals surface area contributed by atoms with Crippen LogP contribution >= 0.6 is 0 Å². The standard InChI is InChI=1S/C16H16F4N4O/c17-12-6-22-15(23-7-12)24-14-8-21-5-10(14)9-25-13-3-1-11(2-4-13)16(18,19)20/h1-4,6-7,10,14,21H,5,8-9H2,(H,22,23,24)/t10-,14+/m0/s1. The zero-order chi connectivity index (χ0) is 17.9. The van der Waals surface area contributed by atoms with Crippen molar-refractivity contribution < 1.29 is 22.3 Å². The molecule has 2 heterocycles. The Bertz CT molecular complexity index is 691. The van der Waals surface area contributed by atoms with Gasteiger partial charge in [-0.05, 0) is 24.3 Å². The minimum absolute atomic E-state index is 0.0279. The maximum Gasteiger partial charge on any atom is 0.416 e. The number of hydrogen-bond donors (Lipinski definition) is 2. The molecular weight excluding hydrogens is 340 g/mol. The lowest BCUT2D eigenvalue weighted by Gasteiger charge is -2.20. The van der Waals surface area contributed by atoms with Gasteiger partial charge in [0.05, 0.1) is 24.6 Å².